The first-order valence-corrected chi connectivity index (χ1v) is 17.1. The Bertz CT molecular complexity index is 1470. The Labute approximate surface area is 250 Å². The lowest BCUT2D eigenvalue weighted by molar-refractivity contribution is -0.125. The second-order valence-electron chi connectivity index (χ2n) is 12.5. The standard InChI is InChI=1S/C31H39F3N4O4Si/c1-20(38-14-13-31(33,34)25(18-38)21-7-12-28(39)36-16-21)29(40)37-27-11-9-24(17-35-27)42-26-10-8-23(32)15-22(26)19-41-43(5,6)30(2,3)4/h7-12,15-17,20,25H,13-14,18-19H2,1-6H3,(H,36,39)(H,35,37,40). The molecule has 8 nitrogen and oxygen atoms in total. The summed E-state index contributed by atoms with van der Waals surface area (Å²) in [6.45, 7) is 12.5. The van der Waals surface area contributed by atoms with Gasteiger partial charge in [-0.3, -0.25) is 14.5 Å². The molecule has 43 heavy (non-hydrogen) atoms. The Kier molecular flexibility index (Phi) is 9.53. The number of pyridine rings is 2. The highest BCUT2D eigenvalue weighted by molar-refractivity contribution is 6.74. The van der Waals surface area contributed by atoms with Crippen molar-refractivity contribution >= 4 is 20.0 Å². The highest BCUT2D eigenvalue weighted by Crippen LogP contribution is 2.41. The molecule has 1 aliphatic heterocycles. The molecule has 0 aliphatic carbocycles. The molecular formula is C31H39F3N4O4Si. The summed E-state index contributed by atoms with van der Waals surface area (Å²) in [7, 11) is -2.08. The maximum absolute atomic E-state index is 14.8. The number of nitrogens with zero attached hydrogens (tertiary/aromatic N) is 2. The fourth-order valence-corrected chi connectivity index (χ4v) is 5.49. The Morgan fingerprint density at radius 2 is 1.95 bits per heavy atom. The van der Waals surface area contributed by atoms with Crippen LogP contribution in [0.5, 0.6) is 11.5 Å². The van der Waals surface area contributed by atoms with Crippen LogP contribution < -0.4 is 15.6 Å². The number of amides is 1. The molecule has 3 aromatic rings. The third kappa shape index (κ3) is 7.92. The van der Waals surface area contributed by atoms with Gasteiger partial charge in [0.05, 0.1) is 24.8 Å². The number of aromatic amines is 1. The molecule has 1 fully saturated rings. The third-order valence-electron chi connectivity index (χ3n) is 8.43. The quantitative estimate of drug-likeness (QED) is 0.261. The number of carbonyl (C=O) groups excluding carboxylic acids is 1. The molecule has 0 radical (unpaired) electrons. The molecule has 2 unspecified atom stereocenters. The first-order chi connectivity index (χ1) is 20.1. The van der Waals surface area contributed by atoms with Crippen molar-refractivity contribution < 1.29 is 27.1 Å². The first-order valence-electron chi connectivity index (χ1n) is 14.2. The minimum atomic E-state index is -2.97. The fraction of sp³-hybridized carbons (Fsp3) is 0.452. The maximum Gasteiger partial charge on any atom is 0.257 e. The molecule has 2 aromatic heterocycles. The van der Waals surface area contributed by atoms with Gasteiger partial charge in [-0.2, -0.15) is 0 Å². The average Bonchev–Trinajstić information content (AvgIpc) is 2.93. The molecule has 3 heterocycles. The van der Waals surface area contributed by atoms with Gasteiger partial charge in [0.1, 0.15) is 23.1 Å². The van der Waals surface area contributed by atoms with E-state index in [1.165, 1.54) is 36.7 Å². The van der Waals surface area contributed by atoms with Gasteiger partial charge in [-0.05, 0) is 61.0 Å². The Morgan fingerprint density at radius 3 is 2.58 bits per heavy atom. The zero-order chi connectivity index (χ0) is 31.6. The number of benzene rings is 1. The van der Waals surface area contributed by atoms with E-state index in [0.717, 1.165) is 0 Å². The fourth-order valence-electron chi connectivity index (χ4n) is 4.54. The number of carbonyl (C=O) groups is 1. The van der Waals surface area contributed by atoms with Gasteiger partial charge in [0.15, 0.2) is 8.32 Å². The van der Waals surface area contributed by atoms with Gasteiger partial charge in [-0.25, -0.2) is 18.2 Å². The number of halogens is 3. The number of ether oxygens (including phenoxy) is 1. The highest BCUT2D eigenvalue weighted by atomic mass is 28.4. The zero-order valence-electron chi connectivity index (χ0n) is 25.3. The number of hydrogen-bond donors (Lipinski definition) is 2. The van der Waals surface area contributed by atoms with Crippen molar-refractivity contribution in [2.24, 2.45) is 0 Å². The lowest BCUT2D eigenvalue weighted by atomic mass is 9.87. The number of H-pyrrole nitrogens is 1. The van der Waals surface area contributed by atoms with E-state index in [-0.39, 0.29) is 36.1 Å². The number of aromatic nitrogens is 2. The van der Waals surface area contributed by atoms with Gasteiger partial charge in [0.2, 0.25) is 11.5 Å². The van der Waals surface area contributed by atoms with Crippen LogP contribution in [0.3, 0.4) is 0 Å². The average molecular weight is 617 g/mol. The SMILES string of the molecule is CC(C(=O)Nc1ccc(Oc2ccc(F)cc2CO[Si](C)(C)C(C)(C)C)cn1)N1CCC(F)(F)C(c2ccc(=O)[nH]c2)C1. The zero-order valence-corrected chi connectivity index (χ0v) is 26.3. The van der Waals surface area contributed by atoms with Crippen molar-refractivity contribution in [1.29, 1.82) is 0 Å². The Hall–Kier alpha value is -3.48. The van der Waals surface area contributed by atoms with Gasteiger partial charge in [-0.1, -0.05) is 26.8 Å². The van der Waals surface area contributed by atoms with Crippen LogP contribution in [0.25, 0.3) is 0 Å². The largest absolute Gasteiger partial charge is 0.455 e. The molecule has 12 heteroatoms. The molecule has 1 aromatic carbocycles. The lowest BCUT2D eigenvalue weighted by Gasteiger charge is -2.40. The van der Waals surface area contributed by atoms with E-state index < -0.39 is 44.3 Å². The highest BCUT2D eigenvalue weighted by Gasteiger charge is 2.46. The van der Waals surface area contributed by atoms with Crippen molar-refractivity contribution in [2.45, 2.75) is 76.7 Å². The first kappa shape index (κ1) is 32.4. The van der Waals surface area contributed by atoms with Crippen LogP contribution in [0.4, 0.5) is 19.0 Å². The van der Waals surface area contributed by atoms with Crippen molar-refractivity contribution in [3.8, 4) is 11.5 Å². The monoisotopic (exact) mass is 616 g/mol. The maximum atomic E-state index is 14.8. The van der Waals surface area contributed by atoms with Crippen molar-refractivity contribution in [3.63, 3.8) is 0 Å². The van der Waals surface area contributed by atoms with Gasteiger partial charge >= 0.3 is 0 Å². The molecule has 232 valence electrons. The van der Waals surface area contributed by atoms with E-state index >= 15 is 0 Å². The molecule has 0 saturated carbocycles. The van der Waals surface area contributed by atoms with Crippen molar-refractivity contribution in [3.05, 3.63) is 82.2 Å². The molecule has 1 aliphatic rings. The van der Waals surface area contributed by atoms with E-state index in [1.807, 2.05) is 0 Å². The molecule has 0 spiro atoms. The number of likely N-dealkylation sites (tertiary alicyclic amines) is 1. The van der Waals surface area contributed by atoms with Crippen LogP contribution >= 0.6 is 0 Å². The topological polar surface area (TPSA) is 96.6 Å². The molecule has 2 N–H and O–H groups in total. The summed E-state index contributed by atoms with van der Waals surface area (Å²) in [5.41, 5.74) is 0.517. The van der Waals surface area contributed by atoms with E-state index in [4.69, 9.17) is 9.16 Å². The number of rotatable bonds is 9. The van der Waals surface area contributed by atoms with E-state index in [9.17, 15) is 22.8 Å². The van der Waals surface area contributed by atoms with Gasteiger partial charge in [-0.15, -0.1) is 0 Å². The van der Waals surface area contributed by atoms with Crippen LogP contribution in [0.2, 0.25) is 18.1 Å². The number of hydrogen-bond acceptors (Lipinski definition) is 6. The lowest BCUT2D eigenvalue weighted by Crippen LogP contribution is -2.52. The number of alkyl halides is 2. The molecule has 2 atom stereocenters. The van der Waals surface area contributed by atoms with Crippen LogP contribution in [-0.2, 0) is 15.8 Å². The molecule has 1 saturated heterocycles. The Balaban J connectivity index is 1.39. The number of anilines is 1. The summed E-state index contributed by atoms with van der Waals surface area (Å²) in [6.07, 6.45) is 2.33. The summed E-state index contributed by atoms with van der Waals surface area (Å²) in [5.74, 6) is -3.83. The predicted molar refractivity (Wildman–Crippen MR) is 162 cm³/mol. The smallest absolute Gasteiger partial charge is 0.257 e. The molecular weight excluding hydrogens is 577 g/mol. The van der Waals surface area contributed by atoms with Crippen LogP contribution in [0.15, 0.2) is 59.7 Å². The van der Waals surface area contributed by atoms with Crippen molar-refractivity contribution in [1.82, 2.24) is 14.9 Å². The molecule has 0 bridgehead atoms. The summed E-state index contributed by atoms with van der Waals surface area (Å²) in [6, 6.07) is 9.36. The summed E-state index contributed by atoms with van der Waals surface area (Å²) in [4.78, 5) is 32.8. The normalized spacial score (nSPS) is 18.2. The minimum Gasteiger partial charge on any atom is -0.455 e. The van der Waals surface area contributed by atoms with E-state index in [0.29, 0.717) is 22.6 Å². The van der Waals surface area contributed by atoms with E-state index in [1.54, 1.807) is 30.0 Å². The second-order valence-corrected chi connectivity index (χ2v) is 17.3. The number of piperidine rings is 1. The second kappa shape index (κ2) is 12.6. The molecule has 4 rings (SSSR count). The van der Waals surface area contributed by atoms with E-state index in [2.05, 4.69) is 49.1 Å². The summed E-state index contributed by atoms with van der Waals surface area (Å²) < 4.78 is 55.8. The van der Waals surface area contributed by atoms with Crippen LogP contribution in [-0.4, -0.2) is 54.1 Å². The van der Waals surface area contributed by atoms with Gasteiger partial charge in [0.25, 0.3) is 5.92 Å². The van der Waals surface area contributed by atoms with Gasteiger partial charge < -0.3 is 19.5 Å². The predicted octanol–water partition coefficient (Wildman–Crippen LogP) is 6.67. The molecule has 1 amide bonds. The number of nitrogens with one attached hydrogen (secondary N) is 2. The van der Waals surface area contributed by atoms with Crippen LogP contribution in [0.1, 0.15) is 51.2 Å². The van der Waals surface area contributed by atoms with Crippen LogP contribution in [0, 0.1) is 5.82 Å². The summed E-state index contributed by atoms with van der Waals surface area (Å²) >= 11 is 0. The van der Waals surface area contributed by atoms with Crippen molar-refractivity contribution in [2.75, 3.05) is 18.4 Å². The Morgan fingerprint density at radius 1 is 1.21 bits per heavy atom. The summed E-state index contributed by atoms with van der Waals surface area (Å²) in [5, 5.41) is 2.73. The van der Waals surface area contributed by atoms with Gasteiger partial charge in [0, 0.05) is 37.3 Å². The third-order valence-corrected chi connectivity index (χ3v) is 12.9. The minimum absolute atomic E-state index is 0.00671.